The van der Waals surface area contributed by atoms with Gasteiger partial charge in [-0.25, -0.2) is 0 Å². The third kappa shape index (κ3) is 4.78. The number of para-hydroxylation sites is 1. The Morgan fingerprint density at radius 2 is 1.88 bits per heavy atom. The molecular weight excluding hydrogens is 210 g/mol. The normalized spacial score (nSPS) is 12.5. The van der Waals surface area contributed by atoms with Crippen LogP contribution in [0.3, 0.4) is 0 Å². The molecule has 2 nitrogen and oxygen atoms in total. The summed E-state index contributed by atoms with van der Waals surface area (Å²) in [7, 11) is 0. The van der Waals surface area contributed by atoms with Crippen LogP contribution in [0.2, 0.25) is 0 Å². The molecule has 1 unspecified atom stereocenters. The Kier molecular flexibility index (Phi) is 6.06. The van der Waals surface area contributed by atoms with E-state index in [0.717, 1.165) is 26.2 Å². The smallest absolute Gasteiger partial charge is 0.0469 e. The molecule has 2 heteroatoms. The second kappa shape index (κ2) is 7.33. The lowest BCUT2D eigenvalue weighted by Gasteiger charge is -2.16. The van der Waals surface area contributed by atoms with Gasteiger partial charge in [0, 0.05) is 25.4 Å². The topological polar surface area (TPSA) is 21.3 Å². The van der Waals surface area contributed by atoms with Crippen molar-refractivity contribution in [3.63, 3.8) is 0 Å². The Balaban J connectivity index is 2.39. The first-order valence-corrected chi connectivity index (χ1v) is 6.53. The van der Waals surface area contributed by atoms with Gasteiger partial charge in [0.1, 0.15) is 0 Å². The quantitative estimate of drug-likeness (QED) is 0.726. The molecule has 1 aromatic rings. The molecule has 1 N–H and O–H groups in total. The second-order valence-electron chi connectivity index (χ2n) is 4.74. The minimum Gasteiger partial charge on any atom is -0.384 e. The van der Waals surface area contributed by atoms with E-state index in [1.165, 1.54) is 16.8 Å². The van der Waals surface area contributed by atoms with Gasteiger partial charge in [-0.2, -0.15) is 0 Å². The third-order valence-electron chi connectivity index (χ3n) is 3.07. The van der Waals surface area contributed by atoms with E-state index in [2.05, 4.69) is 44.3 Å². The first-order valence-electron chi connectivity index (χ1n) is 6.53. The molecule has 1 atom stereocenters. The van der Waals surface area contributed by atoms with Crippen LogP contribution in [0.4, 0.5) is 5.69 Å². The first-order chi connectivity index (χ1) is 8.15. The number of anilines is 1. The molecule has 0 aliphatic heterocycles. The zero-order valence-corrected chi connectivity index (χ0v) is 11.5. The number of hydrogen-bond donors (Lipinski definition) is 1. The lowest BCUT2D eigenvalue weighted by Crippen LogP contribution is -2.14. The van der Waals surface area contributed by atoms with Gasteiger partial charge in [-0.1, -0.05) is 25.1 Å². The third-order valence-corrected chi connectivity index (χ3v) is 3.07. The standard InChI is InChI=1S/C15H25NO/c1-5-17-10-9-12(2)11-16-15-13(3)7-6-8-14(15)4/h6-8,12,16H,5,9-11H2,1-4H3. The molecule has 0 radical (unpaired) electrons. The molecule has 0 bridgehead atoms. The van der Waals surface area contributed by atoms with Gasteiger partial charge in [-0.3, -0.25) is 0 Å². The van der Waals surface area contributed by atoms with E-state index in [4.69, 9.17) is 4.74 Å². The van der Waals surface area contributed by atoms with Crippen molar-refractivity contribution in [2.45, 2.75) is 34.1 Å². The highest BCUT2D eigenvalue weighted by Crippen LogP contribution is 2.19. The molecule has 0 saturated carbocycles. The molecule has 0 aromatic heterocycles. The Labute approximate surface area is 105 Å². The number of benzene rings is 1. The Morgan fingerprint density at radius 3 is 2.47 bits per heavy atom. The molecular formula is C15H25NO. The number of hydrogen-bond acceptors (Lipinski definition) is 2. The fraction of sp³-hybridized carbons (Fsp3) is 0.600. The zero-order valence-electron chi connectivity index (χ0n) is 11.5. The van der Waals surface area contributed by atoms with Crippen LogP contribution in [-0.2, 0) is 4.74 Å². The lowest BCUT2D eigenvalue weighted by molar-refractivity contribution is 0.135. The summed E-state index contributed by atoms with van der Waals surface area (Å²) in [6.07, 6.45) is 1.12. The van der Waals surface area contributed by atoms with E-state index in [-0.39, 0.29) is 0 Å². The van der Waals surface area contributed by atoms with Crippen molar-refractivity contribution in [3.05, 3.63) is 29.3 Å². The van der Waals surface area contributed by atoms with Crippen molar-refractivity contribution in [1.82, 2.24) is 0 Å². The summed E-state index contributed by atoms with van der Waals surface area (Å²) in [5, 5.41) is 3.55. The van der Waals surface area contributed by atoms with E-state index in [1.54, 1.807) is 0 Å². The number of rotatable bonds is 7. The molecule has 0 aliphatic carbocycles. The predicted octanol–water partition coefficient (Wildman–Crippen LogP) is 3.78. The SMILES string of the molecule is CCOCCC(C)CNc1c(C)cccc1C. The summed E-state index contributed by atoms with van der Waals surface area (Å²) in [4.78, 5) is 0. The van der Waals surface area contributed by atoms with Gasteiger partial charge in [-0.05, 0) is 44.2 Å². The van der Waals surface area contributed by atoms with Gasteiger partial charge < -0.3 is 10.1 Å². The highest BCUT2D eigenvalue weighted by molar-refractivity contribution is 5.56. The fourth-order valence-electron chi connectivity index (χ4n) is 1.90. The van der Waals surface area contributed by atoms with Crippen LogP contribution >= 0.6 is 0 Å². The number of aryl methyl sites for hydroxylation is 2. The molecule has 0 spiro atoms. The number of nitrogens with one attached hydrogen (secondary N) is 1. The van der Waals surface area contributed by atoms with Gasteiger partial charge in [-0.15, -0.1) is 0 Å². The van der Waals surface area contributed by atoms with Crippen LogP contribution in [0.1, 0.15) is 31.4 Å². The van der Waals surface area contributed by atoms with Crippen LogP contribution in [0.15, 0.2) is 18.2 Å². The van der Waals surface area contributed by atoms with Crippen molar-refractivity contribution in [1.29, 1.82) is 0 Å². The van der Waals surface area contributed by atoms with Crippen LogP contribution in [-0.4, -0.2) is 19.8 Å². The molecule has 0 heterocycles. The molecule has 96 valence electrons. The molecule has 17 heavy (non-hydrogen) atoms. The lowest BCUT2D eigenvalue weighted by atomic mass is 10.1. The zero-order chi connectivity index (χ0) is 12.7. The Morgan fingerprint density at radius 1 is 1.24 bits per heavy atom. The summed E-state index contributed by atoms with van der Waals surface area (Å²) in [5.41, 5.74) is 3.93. The summed E-state index contributed by atoms with van der Waals surface area (Å²) >= 11 is 0. The molecule has 0 fully saturated rings. The predicted molar refractivity (Wildman–Crippen MR) is 74.7 cm³/mol. The molecule has 0 amide bonds. The van der Waals surface area contributed by atoms with Gasteiger partial charge in [0.15, 0.2) is 0 Å². The van der Waals surface area contributed by atoms with E-state index in [1.807, 2.05) is 6.92 Å². The average Bonchev–Trinajstić information content (AvgIpc) is 2.29. The molecule has 1 rings (SSSR count). The molecule has 1 aromatic carbocycles. The van der Waals surface area contributed by atoms with Crippen molar-refractivity contribution < 1.29 is 4.74 Å². The molecule has 0 saturated heterocycles. The van der Waals surface area contributed by atoms with Crippen LogP contribution in [0.5, 0.6) is 0 Å². The Bertz CT molecular complexity index is 315. The average molecular weight is 235 g/mol. The largest absolute Gasteiger partial charge is 0.384 e. The van der Waals surface area contributed by atoms with Crippen LogP contribution in [0, 0.1) is 19.8 Å². The first kappa shape index (κ1) is 14.0. The highest BCUT2D eigenvalue weighted by Gasteiger charge is 2.05. The van der Waals surface area contributed by atoms with E-state index in [9.17, 15) is 0 Å². The maximum absolute atomic E-state index is 5.38. The van der Waals surface area contributed by atoms with Gasteiger partial charge in [0.05, 0.1) is 0 Å². The van der Waals surface area contributed by atoms with E-state index >= 15 is 0 Å². The summed E-state index contributed by atoms with van der Waals surface area (Å²) < 4.78 is 5.38. The van der Waals surface area contributed by atoms with Gasteiger partial charge >= 0.3 is 0 Å². The van der Waals surface area contributed by atoms with Gasteiger partial charge in [0.25, 0.3) is 0 Å². The second-order valence-corrected chi connectivity index (χ2v) is 4.74. The molecule has 0 aliphatic rings. The van der Waals surface area contributed by atoms with Crippen molar-refractivity contribution in [3.8, 4) is 0 Å². The maximum atomic E-state index is 5.38. The Hall–Kier alpha value is -1.02. The minimum atomic E-state index is 0.639. The summed E-state index contributed by atoms with van der Waals surface area (Å²) in [5.74, 6) is 0.639. The van der Waals surface area contributed by atoms with Crippen molar-refractivity contribution in [2.75, 3.05) is 25.1 Å². The van der Waals surface area contributed by atoms with Crippen LogP contribution in [0.25, 0.3) is 0 Å². The summed E-state index contributed by atoms with van der Waals surface area (Å²) in [6.45, 7) is 11.3. The number of ether oxygens (including phenoxy) is 1. The van der Waals surface area contributed by atoms with Crippen molar-refractivity contribution >= 4 is 5.69 Å². The van der Waals surface area contributed by atoms with E-state index < -0.39 is 0 Å². The minimum absolute atomic E-state index is 0.639. The monoisotopic (exact) mass is 235 g/mol. The summed E-state index contributed by atoms with van der Waals surface area (Å²) in [6, 6.07) is 6.41. The van der Waals surface area contributed by atoms with Crippen LogP contribution < -0.4 is 5.32 Å². The fourth-order valence-corrected chi connectivity index (χ4v) is 1.90. The van der Waals surface area contributed by atoms with Gasteiger partial charge in [0.2, 0.25) is 0 Å². The maximum Gasteiger partial charge on any atom is 0.0469 e. The highest BCUT2D eigenvalue weighted by atomic mass is 16.5. The van der Waals surface area contributed by atoms with Crippen molar-refractivity contribution in [2.24, 2.45) is 5.92 Å². The van der Waals surface area contributed by atoms with E-state index in [0.29, 0.717) is 5.92 Å².